The number of rotatable bonds is 4. The maximum atomic E-state index is 12.9. The van der Waals surface area contributed by atoms with Crippen LogP contribution in [-0.2, 0) is 10.0 Å². The molecule has 1 fully saturated rings. The zero-order chi connectivity index (χ0) is 15.0. The summed E-state index contributed by atoms with van der Waals surface area (Å²) in [4.78, 5) is 0.395. The van der Waals surface area contributed by atoms with E-state index in [1.807, 2.05) is 6.07 Å². The van der Waals surface area contributed by atoms with E-state index in [0.717, 1.165) is 6.42 Å². The first-order valence-corrected chi connectivity index (χ1v) is 9.44. The maximum Gasteiger partial charge on any atom is 0.244 e. The van der Waals surface area contributed by atoms with Gasteiger partial charge in [-0.05, 0) is 31.9 Å². The number of benzene rings is 1. The van der Waals surface area contributed by atoms with Gasteiger partial charge in [0.2, 0.25) is 10.0 Å². The molecule has 1 aromatic carbocycles. The van der Waals surface area contributed by atoms with Gasteiger partial charge in [0.1, 0.15) is 0 Å². The van der Waals surface area contributed by atoms with Crippen LogP contribution in [0.25, 0.3) is 0 Å². The third kappa shape index (κ3) is 2.76. The van der Waals surface area contributed by atoms with Crippen LogP contribution in [0.3, 0.4) is 0 Å². The van der Waals surface area contributed by atoms with Crippen molar-refractivity contribution in [1.29, 1.82) is 0 Å². The highest BCUT2D eigenvalue weighted by atomic mass is 32.2. The number of sulfonamides is 1. The molecule has 0 spiro atoms. The van der Waals surface area contributed by atoms with Gasteiger partial charge >= 0.3 is 0 Å². The van der Waals surface area contributed by atoms with Crippen LogP contribution in [0.1, 0.15) is 34.1 Å². The molecule has 1 heterocycles. The van der Waals surface area contributed by atoms with Gasteiger partial charge < -0.3 is 0 Å². The van der Waals surface area contributed by atoms with Gasteiger partial charge in [-0.2, -0.15) is 4.31 Å². The van der Waals surface area contributed by atoms with Gasteiger partial charge in [0, 0.05) is 10.8 Å². The second kappa shape index (κ2) is 5.70. The molecule has 1 aliphatic rings. The van der Waals surface area contributed by atoms with E-state index in [1.54, 1.807) is 40.3 Å². The van der Waals surface area contributed by atoms with E-state index < -0.39 is 10.0 Å². The van der Waals surface area contributed by atoms with Crippen LogP contribution in [0.15, 0.2) is 35.2 Å². The fourth-order valence-corrected chi connectivity index (χ4v) is 6.35. The molecule has 20 heavy (non-hydrogen) atoms. The topological polar surface area (TPSA) is 37.4 Å². The molecule has 1 aromatic rings. The minimum atomic E-state index is -3.40. The molecule has 112 valence electrons. The smallest absolute Gasteiger partial charge is 0.207 e. The van der Waals surface area contributed by atoms with Crippen LogP contribution in [0.5, 0.6) is 0 Å². The van der Waals surface area contributed by atoms with Crippen LogP contribution >= 0.6 is 11.8 Å². The largest absolute Gasteiger partial charge is 0.244 e. The summed E-state index contributed by atoms with van der Waals surface area (Å²) in [5.74, 6) is 0.887. The summed E-state index contributed by atoms with van der Waals surface area (Å²) in [6, 6.07) is 8.80. The minimum absolute atomic E-state index is 0.0442. The van der Waals surface area contributed by atoms with Gasteiger partial charge in [-0.25, -0.2) is 8.42 Å². The Hall–Kier alpha value is -0.520. The summed E-state index contributed by atoms with van der Waals surface area (Å²) in [6.45, 7) is 8.56. The average molecular weight is 313 g/mol. The molecule has 0 bridgehead atoms. The van der Waals surface area contributed by atoms with Crippen LogP contribution in [-0.4, -0.2) is 29.4 Å². The molecule has 3 nitrogen and oxygen atoms in total. The summed E-state index contributed by atoms with van der Waals surface area (Å²) in [6.07, 6.45) is 0.982. The van der Waals surface area contributed by atoms with Gasteiger partial charge in [-0.3, -0.25) is 0 Å². The Morgan fingerprint density at radius 3 is 2.50 bits per heavy atom. The molecule has 2 atom stereocenters. The van der Waals surface area contributed by atoms with Crippen LogP contribution < -0.4 is 0 Å². The van der Waals surface area contributed by atoms with Crippen molar-refractivity contribution in [2.45, 2.75) is 49.8 Å². The van der Waals surface area contributed by atoms with Crippen molar-refractivity contribution in [3.8, 4) is 0 Å². The molecule has 0 aromatic heterocycles. The van der Waals surface area contributed by atoms with E-state index in [0.29, 0.717) is 16.7 Å². The second-order valence-electron chi connectivity index (χ2n) is 5.91. The number of hydrogen-bond acceptors (Lipinski definition) is 3. The van der Waals surface area contributed by atoms with Crippen molar-refractivity contribution in [3.05, 3.63) is 30.3 Å². The molecule has 0 radical (unpaired) electrons. The molecular weight excluding hydrogens is 290 g/mol. The highest BCUT2D eigenvalue weighted by Crippen LogP contribution is 2.45. The molecular formula is C15H23NO2S2. The van der Waals surface area contributed by atoms with Gasteiger partial charge in [0.25, 0.3) is 0 Å². The fraction of sp³-hybridized carbons (Fsp3) is 0.600. The SMILES string of the molecule is CCC(C)C1N(S(=O)(=O)c2ccccc2)CSC1(C)C. The Balaban J connectivity index is 2.41. The van der Waals surface area contributed by atoms with Crippen molar-refractivity contribution in [2.24, 2.45) is 5.92 Å². The second-order valence-corrected chi connectivity index (χ2v) is 9.40. The fourth-order valence-electron chi connectivity index (χ4n) is 2.88. The maximum absolute atomic E-state index is 12.9. The molecule has 1 saturated heterocycles. The Morgan fingerprint density at radius 2 is 1.95 bits per heavy atom. The van der Waals surface area contributed by atoms with Crippen LogP contribution in [0.4, 0.5) is 0 Å². The first-order chi connectivity index (χ1) is 9.30. The van der Waals surface area contributed by atoms with Crippen molar-refractivity contribution in [3.63, 3.8) is 0 Å². The molecule has 0 saturated carbocycles. The lowest BCUT2D eigenvalue weighted by atomic mass is 9.89. The Kier molecular flexibility index (Phi) is 4.52. The highest BCUT2D eigenvalue weighted by Gasteiger charge is 2.48. The van der Waals surface area contributed by atoms with Crippen LogP contribution in [0, 0.1) is 5.92 Å². The molecule has 2 rings (SSSR count). The predicted molar refractivity (Wildman–Crippen MR) is 85.2 cm³/mol. The van der Waals surface area contributed by atoms with E-state index in [-0.39, 0.29) is 10.8 Å². The summed E-state index contributed by atoms with van der Waals surface area (Å²) in [5, 5.41) is 0. The van der Waals surface area contributed by atoms with E-state index in [2.05, 4.69) is 27.7 Å². The Morgan fingerprint density at radius 1 is 1.35 bits per heavy atom. The summed E-state index contributed by atoms with van der Waals surface area (Å²) in [7, 11) is -3.40. The Bertz CT molecular complexity index is 554. The third-order valence-electron chi connectivity index (χ3n) is 4.12. The quantitative estimate of drug-likeness (QED) is 0.852. The normalized spacial score (nSPS) is 24.7. The molecule has 1 aliphatic heterocycles. The standard InChI is InChI=1S/C15H23NO2S2/c1-5-12(2)14-15(3,4)19-11-16(14)20(17,18)13-9-7-6-8-10-13/h6-10,12,14H,5,11H2,1-4H3. The number of nitrogens with zero attached hydrogens (tertiary/aromatic N) is 1. The Labute approximate surface area is 126 Å². The summed E-state index contributed by atoms with van der Waals surface area (Å²) in [5.41, 5.74) is 0. The predicted octanol–water partition coefficient (Wildman–Crippen LogP) is 3.57. The van der Waals surface area contributed by atoms with Crippen molar-refractivity contribution in [1.82, 2.24) is 4.31 Å². The van der Waals surface area contributed by atoms with Crippen molar-refractivity contribution in [2.75, 3.05) is 5.88 Å². The van der Waals surface area contributed by atoms with E-state index in [1.165, 1.54) is 0 Å². The molecule has 5 heteroatoms. The zero-order valence-corrected chi connectivity index (χ0v) is 14.2. The van der Waals surface area contributed by atoms with Crippen molar-refractivity contribution < 1.29 is 8.42 Å². The minimum Gasteiger partial charge on any atom is -0.207 e. The molecule has 2 unspecified atom stereocenters. The molecule has 0 N–H and O–H groups in total. The third-order valence-corrected chi connectivity index (χ3v) is 7.52. The number of hydrogen-bond donors (Lipinski definition) is 0. The van der Waals surface area contributed by atoms with E-state index in [4.69, 9.17) is 0 Å². The lowest BCUT2D eigenvalue weighted by molar-refractivity contribution is 0.246. The molecule has 0 aliphatic carbocycles. The number of thioether (sulfide) groups is 1. The molecule has 0 amide bonds. The van der Waals surface area contributed by atoms with Gasteiger partial charge in [0.05, 0.1) is 10.8 Å². The lowest BCUT2D eigenvalue weighted by Gasteiger charge is -2.35. The van der Waals surface area contributed by atoms with E-state index in [9.17, 15) is 8.42 Å². The lowest BCUT2D eigenvalue weighted by Crippen LogP contribution is -2.47. The first-order valence-electron chi connectivity index (χ1n) is 7.01. The zero-order valence-electron chi connectivity index (χ0n) is 12.5. The van der Waals surface area contributed by atoms with E-state index >= 15 is 0 Å². The van der Waals surface area contributed by atoms with Crippen LogP contribution in [0.2, 0.25) is 0 Å². The van der Waals surface area contributed by atoms with Gasteiger partial charge in [0.15, 0.2) is 0 Å². The highest BCUT2D eigenvalue weighted by molar-refractivity contribution is 8.02. The monoisotopic (exact) mass is 313 g/mol. The van der Waals surface area contributed by atoms with Crippen molar-refractivity contribution >= 4 is 21.8 Å². The average Bonchev–Trinajstić information content (AvgIpc) is 2.75. The summed E-state index contributed by atoms with van der Waals surface area (Å²) < 4.78 is 27.4. The summed E-state index contributed by atoms with van der Waals surface area (Å²) >= 11 is 1.73. The first kappa shape index (κ1) is 15.9. The van der Waals surface area contributed by atoms with Gasteiger partial charge in [-0.15, -0.1) is 11.8 Å². The van der Waals surface area contributed by atoms with Gasteiger partial charge in [-0.1, -0.05) is 38.5 Å².